The predicted molar refractivity (Wildman–Crippen MR) is 123 cm³/mol. The van der Waals surface area contributed by atoms with Crippen molar-refractivity contribution in [2.45, 2.75) is 30.6 Å². The van der Waals surface area contributed by atoms with Gasteiger partial charge in [0.1, 0.15) is 0 Å². The van der Waals surface area contributed by atoms with Crippen molar-refractivity contribution in [2.75, 3.05) is 37.6 Å². The number of anilines is 1. The SMILES string of the molecule is O=C(NCCCN1CCc2ccccc21)C1CCCN(S(=O)(=O)c2ccc(Cl)cc2)C1. The summed E-state index contributed by atoms with van der Waals surface area (Å²) in [5, 5.41) is 3.51. The molecule has 1 saturated heterocycles. The Labute approximate surface area is 189 Å². The Hall–Kier alpha value is -2.09. The van der Waals surface area contributed by atoms with E-state index in [1.165, 1.54) is 27.7 Å². The lowest BCUT2D eigenvalue weighted by Gasteiger charge is -2.31. The van der Waals surface area contributed by atoms with E-state index in [0.717, 1.165) is 25.9 Å². The van der Waals surface area contributed by atoms with Crippen molar-refractivity contribution < 1.29 is 13.2 Å². The molecule has 1 fully saturated rings. The fourth-order valence-electron chi connectivity index (χ4n) is 4.40. The second-order valence-electron chi connectivity index (χ2n) is 8.17. The predicted octanol–water partition coefficient (Wildman–Crippen LogP) is 3.31. The molecule has 4 rings (SSSR count). The molecule has 0 radical (unpaired) electrons. The van der Waals surface area contributed by atoms with E-state index < -0.39 is 10.0 Å². The number of halogens is 1. The number of sulfonamides is 1. The lowest BCUT2D eigenvalue weighted by molar-refractivity contribution is -0.126. The Morgan fingerprint density at radius 1 is 1.10 bits per heavy atom. The standard InChI is InChI=1S/C23H28ClN3O3S/c24-20-8-10-21(11-9-20)31(29,30)27-15-3-6-19(17-27)23(28)25-13-4-14-26-16-12-18-5-1-2-7-22(18)26/h1-2,5,7-11,19H,3-4,6,12-17H2,(H,25,28). The van der Waals surface area contributed by atoms with Crippen LogP contribution in [0.25, 0.3) is 0 Å². The quantitative estimate of drug-likeness (QED) is 0.642. The Bertz CT molecular complexity index is 1030. The number of hydrogen-bond acceptors (Lipinski definition) is 4. The number of fused-ring (bicyclic) bond motifs is 1. The van der Waals surface area contributed by atoms with Gasteiger partial charge >= 0.3 is 0 Å². The van der Waals surface area contributed by atoms with Crippen LogP contribution in [0.5, 0.6) is 0 Å². The summed E-state index contributed by atoms with van der Waals surface area (Å²) in [5.74, 6) is -0.374. The number of rotatable bonds is 7. The molecule has 8 heteroatoms. The molecule has 1 unspecified atom stereocenters. The summed E-state index contributed by atoms with van der Waals surface area (Å²) >= 11 is 5.87. The summed E-state index contributed by atoms with van der Waals surface area (Å²) in [5.41, 5.74) is 2.68. The van der Waals surface area contributed by atoms with Crippen LogP contribution >= 0.6 is 11.6 Å². The normalized spacial score (nSPS) is 19.3. The van der Waals surface area contributed by atoms with Crippen molar-refractivity contribution in [3.05, 3.63) is 59.1 Å². The third-order valence-corrected chi connectivity index (χ3v) is 8.23. The topological polar surface area (TPSA) is 69.7 Å². The molecule has 2 heterocycles. The Balaban J connectivity index is 1.27. The maximum Gasteiger partial charge on any atom is 0.243 e. The van der Waals surface area contributed by atoms with E-state index in [9.17, 15) is 13.2 Å². The van der Waals surface area contributed by atoms with Gasteiger partial charge in [-0.1, -0.05) is 29.8 Å². The van der Waals surface area contributed by atoms with Crippen LogP contribution in [0.4, 0.5) is 5.69 Å². The maximum absolute atomic E-state index is 12.9. The van der Waals surface area contributed by atoms with E-state index in [1.807, 2.05) is 0 Å². The van der Waals surface area contributed by atoms with E-state index in [4.69, 9.17) is 11.6 Å². The minimum absolute atomic E-state index is 0.0576. The zero-order valence-electron chi connectivity index (χ0n) is 17.5. The van der Waals surface area contributed by atoms with Gasteiger partial charge in [0, 0.05) is 43.4 Å². The number of para-hydroxylation sites is 1. The summed E-state index contributed by atoms with van der Waals surface area (Å²) < 4.78 is 27.3. The number of carbonyl (C=O) groups excluding carboxylic acids is 1. The molecule has 2 aromatic rings. The van der Waals surface area contributed by atoms with E-state index in [-0.39, 0.29) is 23.3 Å². The Kier molecular flexibility index (Phi) is 6.84. The van der Waals surface area contributed by atoms with Gasteiger partial charge in [-0.05, 0) is 61.6 Å². The summed E-state index contributed by atoms with van der Waals surface area (Å²) in [7, 11) is -3.62. The van der Waals surface area contributed by atoms with Gasteiger partial charge in [-0.25, -0.2) is 8.42 Å². The minimum Gasteiger partial charge on any atom is -0.371 e. The van der Waals surface area contributed by atoms with Gasteiger partial charge in [-0.2, -0.15) is 4.31 Å². The van der Waals surface area contributed by atoms with E-state index >= 15 is 0 Å². The first-order chi connectivity index (χ1) is 14.9. The highest BCUT2D eigenvalue weighted by Gasteiger charge is 2.33. The zero-order chi connectivity index (χ0) is 21.8. The van der Waals surface area contributed by atoms with Gasteiger partial charge in [0.2, 0.25) is 15.9 Å². The molecule has 166 valence electrons. The molecular weight excluding hydrogens is 434 g/mol. The Morgan fingerprint density at radius 3 is 2.68 bits per heavy atom. The number of amides is 1. The van der Waals surface area contributed by atoms with Crippen LogP contribution in [-0.2, 0) is 21.2 Å². The molecule has 1 N–H and O–H groups in total. The van der Waals surface area contributed by atoms with Crippen molar-refractivity contribution in [2.24, 2.45) is 5.92 Å². The van der Waals surface area contributed by atoms with Crippen molar-refractivity contribution in [1.82, 2.24) is 9.62 Å². The number of nitrogens with zero attached hydrogens (tertiary/aromatic N) is 2. The van der Waals surface area contributed by atoms with Gasteiger partial charge in [0.15, 0.2) is 0 Å². The molecule has 31 heavy (non-hydrogen) atoms. The number of carbonyl (C=O) groups is 1. The lowest BCUT2D eigenvalue weighted by atomic mass is 9.99. The average Bonchev–Trinajstić information content (AvgIpc) is 3.20. The third kappa shape index (κ3) is 5.05. The number of benzene rings is 2. The first kappa shape index (κ1) is 22.1. The molecule has 2 aromatic carbocycles. The summed E-state index contributed by atoms with van der Waals surface area (Å²) in [6.45, 7) is 3.17. The van der Waals surface area contributed by atoms with Crippen LogP contribution in [0.1, 0.15) is 24.8 Å². The largest absolute Gasteiger partial charge is 0.371 e. The Morgan fingerprint density at radius 2 is 1.87 bits per heavy atom. The lowest BCUT2D eigenvalue weighted by Crippen LogP contribution is -2.45. The van der Waals surface area contributed by atoms with Crippen molar-refractivity contribution in [1.29, 1.82) is 0 Å². The first-order valence-corrected chi connectivity index (χ1v) is 12.6. The molecule has 0 aliphatic carbocycles. The minimum atomic E-state index is -3.62. The van der Waals surface area contributed by atoms with Crippen molar-refractivity contribution >= 4 is 33.2 Å². The molecule has 6 nitrogen and oxygen atoms in total. The summed E-state index contributed by atoms with van der Waals surface area (Å²) in [6, 6.07) is 14.6. The molecule has 2 aliphatic heterocycles. The second kappa shape index (κ2) is 9.59. The molecule has 2 aliphatic rings. The molecule has 1 amide bonds. The van der Waals surface area contributed by atoms with Crippen LogP contribution in [0.3, 0.4) is 0 Å². The van der Waals surface area contributed by atoms with Crippen LogP contribution in [-0.4, -0.2) is 51.4 Å². The highest BCUT2D eigenvalue weighted by atomic mass is 35.5. The van der Waals surface area contributed by atoms with Crippen LogP contribution in [0.2, 0.25) is 5.02 Å². The van der Waals surface area contributed by atoms with Gasteiger partial charge in [-0.3, -0.25) is 4.79 Å². The summed E-state index contributed by atoms with van der Waals surface area (Å²) in [4.78, 5) is 15.3. The average molecular weight is 462 g/mol. The fraction of sp³-hybridized carbons (Fsp3) is 0.435. The van der Waals surface area contributed by atoms with Gasteiger partial charge in [-0.15, -0.1) is 0 Å². The van der Waals surface area contributed by atoms with E-state index in [0.29, 0.717) is 31.0 Å². The highest BCUT2D eigenvalue weighted by Crippen LogP contribution is 2.27. The van der Waals surface area contributed by atoms with Crippen LogP contribution in [0.15, 0.2) is 53.4 Å². The molecule has 0 saturated carbocycles. The number of hydrogen-bond donors (Lipinski definition) is 1. The van der Waals surface area contributed by atoms with Crippen LogP contribution < -0.4 is 10.2 Å². The van der Waals surface area contributed by atoms with Gasteiger partial charge < -0.3 is 10.2 Å². The van der Waals surface area contributed by atoms with E-state index in [2.05, 4.69) is 34.5 Å². The maximum atomic E-state index is 12.9. The smallest absolute Gasteiger partial charge is 0.243 e. The van der Waals surface area contributed by atoms with Crippen LogP contribution in [0, 0.1) is 5.92 Å². The third-order valence-electron chi connectivity index (χ3n) is 6.09. The fourth-order valence-corrected chi connectivity index (χ4v) is 6.04. The monoisotopic (exact) mass is 461 g/mol. The molecule has 0 bridgehead atoms. The zero-order valence-corrected chi connectivity index (χ0v) is 19.0. The second-order valence-corrected chi connectivity index (χ2v) is 10.5. The molecular formula is C23H28ClN3O3S. The van der Waals surface area contributed by atoms with E-state index in [1.54, 1.807) is 12.1 Å². The number of piperidine rings is 1. The first-order valence-electron chi connectivity index (χ1n) is 10.8. The van der Waals surface area contributed by atoms with Gasteiger partial charge in [0.05, 0.1) is 10.8 Å². The molecule has 0 spiro atoms. The molecule has 0 aromatic heterocycles. The molecule has 1 atom stereocenters. The van der Waals surface area contributed by atoms with Crippen molar-refractivity contribution in [3.8, 4) is 0 Å². The number of nitrogens with one attached hydrogen (secondary N) is 1. The summed E-state index contributed by atoms with van der Waals surface area (Å²) in [6.07, 6.45) is 3.32. The highest BCUT2D eigenvalue weighted by molar-refractivity contribution is 7.89. The van der Waals surface area contributed by atoms with Gasteiger partial charge in [0.25, 0.3) is 0 Å². The van der Waals surface area contributed by atoms with Crippen molar-refractivity contribution in [3.63, 3.8) is 0 Å².